The number of benzene rings is 1. The Labute approximate surface area is 291 Å². The first-order valence-electron chi connectivity index (χ1n) is 15.8. The van der Waals surface area contributed by atoms with E-state index in [9.17, 15) is 40.7 Å². The van der Waals surface area contributed by atoms with Crippen LogP contribution in [0.5, 0.6) is 0 Å². The molecule has 2 aliphatic heterocycles. The van der Waals surface area contributed by atoms with E-state index >= 15 is 0 Å². The molecule has 2 fully saturated rings. The fraction of sp³-hybridized carbons (Fsp3) is 0.375. The standard InChI is InChI=1S/C32H30ClF6N9O3/c33-23-14-18(3-4-20(23)30(51)47-12-10-46(11-13-47)29(50)19-5-8-40-9-6-19)15-43-28(49)26-42-16-24(44-26)21-17-48(45-25(21)32(37,38)39)27-22(31(34,35)36)2-1-7-41-27/h1-4,7,14,16-17,19,40H,5-6,8-13,15H2,(H,42,44)(H,43,49). The van der Waals surface area contributed by atoms with Crippen molar-refractivity contribution in [2.45, 2.75) is 31.7 Å². The first-order valence-corrected chi connectivity index (χ1v) is 16.2. The average Bonchev–Trinajstić information content (AvgIpc) is 3.79. The highest BCUT2D eigenvalue weighted by Gasteiger charge is 2.40. The van der Waals surface area contributed by atoms with E-state index in [0.717, 1.165) is 50.6 Å². The molecule has 3 amide bonds. The maximum Gasteiger partial charge on any atom is 0.435 e. The van der Waals surface area contributed by atoms with Crippen molar-refractivity contribution in [1.82, 2.24) is 45.2 Å². The highest BCUT2D eigenvalue weighted by atomic mass is 35.5. The van der Waals surface area contributed by atoms with Crippen LogP contribution in [0.2, 0.25) is 5.02 Å². The molecule has 0 radical (unpaired) electrons. The summed E-state index contributed by atoms with van der Waals surface area (Å²) in [5, 5.41) is 9.28. The van der Waals surface area contributed by atoms with E-state index in [1.807, 2.05) is 0 Å². The summed E-state index contributed by atoms with van der Waals surface area (Å²) < 4.78 is 82.7. The molecule has 0 bridgehead atoms. The van der Waals surface area contributed by atoms with E-state index in [0.29, 0.717) is 42.5 Å². The molecule has 2 aliphatic rings. The van der Waals surface area contributed by atoms with Crippen LogP contribution in [0.3, 0.4) is 0 Å². The van der Waals surface area contributed by atoms with Crippen molar-refractivity contribution in [3.05, 3.63) is 82.2 Å². The number of nitrogens with zero attached hydrogens (tertiary/aromatic N) is 6. The van der Waals surface area contributed by atoms with Gasteiger partial charge < -0.3 is 25.4 Å². The van der Waals surface area contributed by atoms with Gasteiger partial charge in [-0.05, 0) is 55.8 Å². The van der Waals surface area contributed by atoms with Crippen LogP contribution >= 0.6 is 11.6 Å². The van der Waals surface area contributed by atoms with Gasteiger partial charge in [0.2, 0.25) is 5.91 Å². The van der Waals surface area contributed by atoms with E-state index in [-0.39, 0.29) is 46.4 Å². The largest absolute Gasteiger partial charge is 0.435 e. The number of piperazine rings is 1. The molecular weight excluding hydrogens is 708 g/mol. The molecule has 0 unspecified atom stereocenters. The monoisotopic (exact) mass is 737 g/mol. The molecule has 4 aromatic rings. The number of hydrogen-bond acceptors (Lipinski definition) is 7. The molecule has 5 heterocycles. The predicted octanol–water partition coefficient (Wildman–Crippen LogP) is 4.56. The van der Waals surface area contributed by atoms with Gasteiger partial charge in [0.25, 0.3) is 11.8 Å². The molecule has 12 nitrogen and oxygen atoms in total. The van der Waals surface area contributed by atoms with Gasteiger partial charge in [0, 0.05) is 51.0 Å². The molecule has 1 aromatic carbocycles. The summed E-state index contributed by atoms with van der Waals surface area (Å²) in [5.74, 6) is -2.24. The summed E-state index contributed by atoms with van der Waals surface area (Å²) in [6.45, 7) is 3.09. The molecule has 51 heavy (non-hydrogen) atoms. The predicted molar refractivity (Wildman–Crippen MR) is 170 cm³/mol. The third-order valence-corrected chi connectivity index (χ3v) is 8.97. The Morgan fingerprint density at radius 3 is 2.31 bits per heavy atom. The topological polar surface area (TPSA) is 141 Å². The highest BCUT2D eigenvalue weighted by Crippen LogP contribution is 2.38. The van der Waals surface area contributed by atoms with Crippen LogP contribution in [-0.2, 0) is 23.7 Å². The summed E-state index contributed by atoms with van der Waals surface area (Å²) >= 11 is 6.44. The van der Waals surface area contributed by atoms with Crippen molar-refractivity contribution < 1.29 is 40.7 Å². The Bertz CT molecular complexity index is 1930. The van der Waals surface area contributed by atoms with Crippen LogP contribution < -0.4 is 10.6 Å². The van der Waals surface area contributed by atoms with Gasteiger partial charge in [-0.1, -0.05) is 17.7 Å². The molecule has 2 saturated heterocycles. The summed E-state index contributed by atoms with van der Waals surface area (Å²) in [6, 6.07) is 6.26. The number of carbonyl (C=O) groups excluding carboxylic acids is 3. The van der Waals surface area contributed by atoms with Crippen molar-refractivity contribution in [2.24, 2.45) is 5.92 Å². The Morgan fingerprint density at radius 1 is 0.941 bits per heavy atom. The van der Waals surface area contributed by atoms with Crippen LogP contribution in [0.4, 0.5) is 26.3 Å². The molecule has 3 N–H and O–H groups in total. The molecule has 19 heteroatoms. The number of nitrogens with one attached hydrogen (secondary N) is 3. The average molecular weight is 738 g/mol. The second-order valence-electron chi connectivity index (χ2n) is 12.0. The van der Waals surface area contributed by atoms with Gasteiger partial charge in [0.15, 0.2) is 17.3 Å². The summed E-state index contributed by atoms with van der Waals surface area (Å²) in [5.41, 5.74) is -3.05. The minimum atomic E-state index is -5.08. The lowest BCUT2D eigenvalue weighted by Crippen LogP contribution is -2.52. The zero-order chi connectivity index (χ0) is 36.5. The molecule has 3 aromatic heterocycles. The van der Waals surface area contributed by atoms with E-state index < -0.39 is 40.9 Å². The first kappa shape index (κ1) is 35.8. The fourth-order valence-electron chi connectivity index (χ4n) is 6.00. The third kappa shape index (κ3) is 7.85. The van der Waals surface area contributed by atoms with Gasteiger partial charge in [-0.3, -0.25) is 14.4 Å². The number of rotatable bonds is 7. The number of carbonyl (C=O) groups is 3. The van der Waals surface area contributed by atoms with Gasteiger partial charge in [0.05, 0.1) is 28.0 Å². The number of alkyl halides is 6. The van der Waals surface area contributed by atoms with Crippen molar-refractivity contribution in [3.8, 4) is 17.1 Å². The van der Waals surface area contributed by atoms with Crippen LogP contribution in [0.1, 0.15) is 50.6 Å². The minimum absolute atomic E-state index is 0.00530. The molecule has 0 saturated carbocycles. The Morgan fingerprint density at radius 2 is 1.65 bits per heavy atom. The molecular formula is C32H30ClF6N9O3. The molecule has 0 spiro atoms. The second kappa shape index (κ2) is 14.3. The Hall–Kier alpha value is -4.97. The lowest BCUT2D eigenvalue weighted by atomic mass is 9.96. The lowest BCUT2D eigenvalue weighted by Gasteiger charge is -2.37. The summed E-state index contributed by atoms with van der Waals surface area (Å²) in [7, 11) is 0. The van der Waals surface area contributed by atoms with Crippen LogP contribution in [0.25, 0.3) is 17.1 Å². The molecule has 0 aliphatic carbocycles. The second-order valence-corrected chi connectivity index (χ2v) is 12.4. The lowest BCUT2D eigenvalue weighted by molar-refractivity contribution is -0.141. The zero-order valence-corrected chi connectivity index (χ0v) is 27.4. The first-order chi connectivity index (χ1) is 24.2. The quantitative estimate of drug-likeness (QED) is 0.236. The van der Waals surface area contributed by atoms with Gasteiger partial charge >= 0.3 is 12.4 Å². The number of amides is 3. The van der Waals surface area contributed by atoms with Gasteiger partial charge in [-0.25, -0.2) is 14.6 Å². The fourth-order valence-corrected chi connectivity index (χ4v) is 6.28. The Balaban J connectivity index is 1.09. The molecule has 270 valence electrons. The van der Waals surface area contributed by atoms with E-state index in [4.69, 9.17) is 11.6 Å². The number of H-pyrrole nitrogens is 1. The summed E-state index contributed by atoms with van der Waals surface area (Å²) in [4.78, 5) is 52.3. The smallest absolute Gasteiger partial charge is 0.345 e. The van der Waals surface area contributed by atoms with Crippen molar-refractivity contribution in [1.29, 1.82) is 0 Å². The third-order valence-electron chi connectivity index (χ3n) is 8.66. The number of hydrogen-bond donors (Lipinski definition) is 3. The van der Waals surface area contributed by atoms with E-state index in [1.54, 1.807) is 15.9 Å². The SMILES string of the molecule is O=C(NCc1ccc(C(=O)N2CCN(C(=O)C3CCNCC3)CC2)c(Cl)c1)c1ncc(-c2cn(-c3ncccc3C(F)(F)F)nc2C(F)(F)F)[nH]1. The number of imidazole rings is 1. The van der Waals surface area contributed by atoms with Crippen molar-refractivity contribution in [3.63, 3.8) is 0 Å². The van der Waals surface area contributed by atoms with Gasteiger partial charge in [-0.2, -0.15) is 31.4 Å². The molecule has 6 rings (SSSR count). The van der Waals surface area contributed by atoms with Gasteiger partial charge in [0.1, 0.15) is 5.56 Å². The minimum Gasteiger partial charge on any atom is -0.345 e. The number of halogens is 7. The maximum absolute atomic E-state index is 13.9. The van der Waals surface area contributed by atoms with Crippen LogP contribution in [-0.4, -0.2) is 91.5 Å². The van der Waals surface area contributed by atoms with Gasteiger partial charge in [-0.15, -0.1) is 0 Å². The Kier molecular flexibility index (Phi) is 10.1. The number of piperidine rings is 1. The molecule has 0 atom stereocenters. The van der Waals surface area contributed by atoms with Crippen molar-refractivity contribution >= 4 is 29.3 Å². The van der Waals surface area contributed by atoms with E-state index in [2.05, 4.69) is 30.7 Å². The van der Waals surface area contributed by atoms with Crippen LogP contribution in [0.15, 0.2) is 48.9 Å². The summed E-state index contributed by atoms with van der Waals surface area (Å²) in [6.07, 6.45) is -5.78. The van der Waals surface area contributed by atoms with Crippen LogP contribution in [0, 0.1) is 5.92 Å². The normalized spacial score (nSPS) is 16.0. The number of aromatic amines is 1. The van der Waals surface area contributed by atoms with Crippen molar-refractivity contribution in [2.75, 3.05) is 39.3 Å². The number of aromatic nitrogens is 5. The van der Waals surface area contributed by atoms with E-state index in [1.165, 1.54) is 12.1 Å². The number of pyridine rings is 1. The highest BCUT2D eigenvalue weighted by molar-refractivity contribution is 6.33. The zero-order valence-electron chi connectivity index (χ0n) is 26.6. The maximum atomic E-state index is 13.9.